The second-order valence-electron chi connectivity index (χ2n) is 3.95. The summed E-state index contributed by atoms with van der Waals surface area (Å²) in [5.74, 6) is -0.306. The van der Waals surface area contributed by atoms with E-state index in [1.807, 2.05) is 0 Å². The zero-order valence-corrected chi connectivity index (χ0v) is 11.1. The minimum Gasteiger partial charge on any atom is -0.406 e. The van der Waals surface area contributed by atoms with Crippen LogP contribution >= 0.6 is 15.9 Å². The smallest absolute Gasteiger partial charge is 0.406 e. The molecule has 0 aliphatic rings. The summed E-state index contributed by atoms with van der Waals surface area (Å²) in [7, 11) is 0. The zero-order valence-electron chi connectivity index (χ0n) is 9.56. The van der Waals surface area contributed by atoms with Crippen LogP contribution < -0.4 is 5.76 Å². The molecule has 0 aliphatic heterocycles. The van der Waals surface area contributed by atoms with Crippen LogP contribution in [0.25, 0.3) is 11.2 Å². The largest absolute Gasteiger partial charge is 0.421 e. The van der Waals surface area contributed by atoms with Crippen LogP contribution in [0.1, 0.15) is 25.7 Å². The van der Waals surface area contributed by atoms with Crippen LogP contribution in [0.15, 0.2) is 27.5 Å². The van der Waals surface area contributed by atoms with Crippen LogP contribution in [-0.2, 0) is 6.54 Å². The Balaban J connectivity index is 2.03. The fourth-order valence-corrected chi connectivity index (χ4v) is 2.21. The number of pyridine rings is 1. The Morgan fingerprint density at radius 1 is 1.29 bits per heavy atom. The van der Waals surface area contributed by atoms with E-state index < -0.39 is 0 Å². The normalized spacial score (nSPS) is 11.1. The van der Waals surface area contributed by atoms with Crippen molar-refractivity contribution in [2.75, 3.05) is 5.33 Å². The van der Waals surface area contributed by atoms with Gasteiger partial charge in [-0.25, -0.2) is 9.78 Å². The summed E-state index contributed by atoms with van der Waals surface area (Å²) in [6.07, 6.45) is 6.15. The minimum absolute atomic E-state index is 0.306. The second kappa shape index (κ2) is 6.00. The van der Waals surface area contributed by atoms with Crippen LogP contribution in [0.3, 0.4) is 0 Å². The molecular formula is C12H15BrN2O2. The molecule has 5 heteroatoms. The van der Waals surface area contributed by atoms with Crippen molar-refractivity contribution in [3.05, 3.63) is 28.9 Å². The van der Waals surface area contributed by atoms with Crippen molar-refractivity contribution < 1.29 is 4.42 Å². The third-order valence-corrected chi connectivity index (χ3v) is 3.25. The molecule has 2 aromatic rings. The van der Waals surface area contributed by atoms with E-state index >= 15 is 0 Å². The highest BCUT2D eigenvalue weighted by Crippen LogP contribution is 2.10. The van der Waals surface area contributed by atoms with Crippen LogP contribution in [0.5, 0.6) is 0 Å². The number of alkyl halides is 1. The van der Waals surface area contributed by atoms with Crippen molar-refractivity contribution in [3.8, 4) is 0 Å². The molecule has 0 bridgehead atoms. The predicted molar refractivity (Wildman–Crippen MR) is 70.5 cm³/mol. The van der Waals surface area contributed by atoms with Crippen LogP contribution in [0.2, 0.25) is 0 Å². The van der Waals surface area contributed by atoms with E-state index in [1.54, 1.807) is 22.9 Å². The van der Waals surface area contributed by atoms with Crippen molar-refractivity contribution in [2.24, 2.45) is 0 Å². The Labute approximate surface area is 108 Å². The summed E-state index contributed by atoms with van der Waals surface area (Å²) in [6, 6.07) is 3.54. The van der Waals surface area contributed by atoms with Crippen molar-refractivity contribution in [3.63, 3.8) is 0 Å². The molecular weight excluding hydrogens is 284 g/mol. The summed E-state index contributed by atoms with van der Waals surface area (Å²) in [5.41, 5.74) is 1.22. The summed E-state index contributed by atoms with van der Waals surface area (Å²) >= 11 is 3.40. The van der Waals surface area contributed by atoms with Crippen molar-refractivity contribution in [1.82, 2.24) is 9.55 Å². The molecule has 4 nitrogen and oxygen atoms in total. The third-order valence-electron chi connectivity index (χ3n) is 2.69. The van der Waals surface area contributed by atoms with Crippen molar-refractivity contribution in [2.45, 2.75) is 32.2 Å². The lowest BCUT2D eigenvalue weighted by atomic mass is 10.2. The van der Waals surface area contributed by atoms with Gasteiger partial charge >= 0.3 is 5.76 Å². The molecule has 0 spiro atoms. The van der Waals surface area contributed by atoms with E-state index in [2.05, 4.69) is 20.9 Å². The first-order valence-corrected chi connectivity index (χ1v) is 6.95. The highest BCUT2D eigenvalue weighted by atomic mass is 79.9. The van der Waals surface area contributed by atoms with Crippen LogP contribution in [0.4, 0.5) is 0 Å². The molecule has 17 heavy (non-hydrogen) atoms. The van der Waals surface area contributed by atoms with E-state index in [-0.39, 0.29) is 5.76 Å². The van der Waals surface area contributed by atoms with E-state index in [0.29, 0.717) is 17.8 Å². The highest BCUT2D eigenvalue weighted by molar-refractivity contribution is 9.09. The Kier molecular flexibility index (Phi) is 4.36. The van der Waals surface area contributed by atoms with E-state index in [0.717, 1.165) is 18.2 Å². The summed E-state index contributed by atoms with van der Waals surface area (Å²) in [4.78, 5) is 15.8. The van der Waals surface area contributed by atoms with E-state index in [1.165, 1.54) is 12.8 Å². The fourth-order valence-electron chi connectivity index (χ4n) is 1.82. The van der Waals surface area contributed by atoms with Crippen molar-refractivity contribution >= 4 is 27.2 Å². The lowest BCUT2D eigenvalue weighted by molar-refractivity contribution is 0.488. The molecule has 0 atom stereocenters. The number of unbranched alkanes of at least 4 members (excludes halogenated alkanes) is 3. The fraction of sp³-hybridized carbons (Fsp3) is 0.500. The number of aromatic nitrogens is 2. The quantitative estimate of drug-likeness (QED) is 0.608. The average Bonchev–Trinajstić information content (AvgIpc) is 2.65. The molecule has 2 aromatic heterocycles. The summed E-state index contributed by atoms with van der Waals surface area (Å²) < 4.78 is 6.73. The van der Waals surface area contributed by atoms with Crippen LogP contribution in [0, 0.1) is 0 Å². The Bertz CT molecular complexity index is 533. The van der Waals surface area contributed by atoms with Crippen molar-refractivity contribution in [1.29, 1.82) is 0 Å². The minimum atomic E-state index is -0.306. The second-order valence-corrected chi connectivity index (χ2v) is 4.74. The molecule has 0 aromatic carbocycles. The Morgan fingerprint density at radius 3 is 2.94 bits per heavy atom. The van der Waals surface area contributed by atoms with Gasteiger partial charge in [0.15, 0.2) is 11.2 Å². The van der Waals surface area contributed by atoms with Crippen LogP contribution in [-0.4, -0.2) is 14.9 Å². The number of hydrogen-bond acceptors (Lipinski definition) is 3. The first-order chi connectivity index (χ1) is 8.33. The molecule has 0 unspecified atom stereocenters. The van der Waals surface area contributed by atoms with Gasteiger partial charge in [-0.15, -0.1) is 0 Å². The number of rotatable bonds is 6. The van der Waals surface area contributed by atoms with Gasteiger partial charge in [0.1, 0.15) is 0 Å². The number of oxazole rings is 1. The molecule has 0 fully saturated rings. The van der Waals surface area contributed by atoms with E-state index in [4.69, 9.17) is 4.42 Å². The summed E-state index contributed by atoms with van der Waals surface area (Å²) in [5, 5.41) is 1.04. The average molecular weight is 299 g/mol. The summed E-state index contributed by atoms with van der Waals surface area (Å²) in [6.45, 7) is 0.686. The molecule has 0 saturated heterocycles. The van der Waals surface area contributed by atoms with Gasteiger partial charge in [0.05, 0.1) is 0 Å². The third kappa shape index (κ3) is 2.97. The van der Waals surface area contributed by atoms with Gasteiger partial charge in [-0.05, 0) is 25.0 Å². The maximum absolute atomic E-state index is 11.6. The maximum atomic E-state index is 11.6. The van der Waals surface area contributed by atoms with Gasteiger partial charge in [-0.3, -0.25) is 4.57 Å². The molecule has 0 amide bonds. The topological polar surface area (TPSA) is 48.0 Å². The molecule has 0 N–H and O–H groups in total. The number of aryl methyl sites for hydroxylation is 1. The van der Waals surface area contributed by atoms with Gasteiger partial charge in [-0.2, -0.15) is 0 Å². The molecule has 0 aliphatic carbocycles. The Hall–Kier alpha value is -1.10. The highest BCUT2D eigenvalue weighted by Gasteiger charge is 2.08. The molecule has 0 saturated carbocycles. The number of nitrogens with zero attached hydrogens (tertiary/aromatic N) is 2. The maximum Gasteiger partial charge on any atom is 0.421 e. The number of halogens is 1. The van der Waals surface area contributed by atoms with Gasteiger partial charge < -0.3 is 4.42 Å². The first kappa shape index (κ1) is 12.4. The molecule has 0 radical (unpaired) electrons. The molecule has 2 heterocycles. The monoisotopic (exact) mass is 298 g/mol. The lowest BCUT2D eigenvalue weighted by Gasteiger charge is -2.01. The SMILES string of the molecule is O=c1oc2cccnc2n1CCCCCCBr. The standard InChI is InChI=1S/C12H15BrN2O2/c13-7-3-1-2-4-9-15-11-10(17-12(15)16)6-5-8-14-11/h5-6,8H,1-4,7,9H2. The van der Waals surface area contributed by atoms with Gasteiger partial charge in [-0.1, -0.05) is 28.8 Å². The van der Waals surface area contributed by atoms with Gasteiger partial charge in [0.2, 0.25) is 0 Å². The zero-order chi connectivity index (χ0) is 12.1. The Morgan fingerprint density at radius 2 is 2.12 bits per heavy atom. The number of hydrogen-bond donors (Lipinski definition) is 0. The first-order valence-electron chi connectivity index (χ1n) is 5.83. The van der Waals surface area contributed by atoms with Gasteiger partial charge in [0.25, 0.3) is 0 Å². The lowest BCUT2D eigenvalue weighted by Crippen LogP contribution is -2.14. The van der Waals surface area contributed by atoms with Gasteiger partial charge in [0, 0.05) is 18.1 Å². The van der Waals surface area contributed by atoms with E-state index in [9.17, 15) is 4.79 Å². The molecule has 92 valence electrons. The molecule has 2 rings (SSSR count). The number of fused-ring (bicyclic) bond motifs is 1. The predicted octanol–water partition coefficient (Wildman–Crippen LogP) is 2.94.